The number of para-hydroxylation sites is 1. The summed E-state index contributed by atoms with van der Waals surface area (Å²) in [7, 11) is 0. The summed E-state index contributed by atoms with van der Waals surface area (Å²) >= 11 is 6.08. The lowest BCUT2D eigenvalue weighted by Gasteiger charge is -2.17. The molecule has 1 aromatic carbocycles. The van der Waals surface area contributed by atoms with E-state index < -0.39 is 0 Å². The minimum absolute atomic E-state index is 0. The molecule has 0 amide bonds. The molecule has 1 rings (SSSR count). The van der Waals surface area contributed by atoms with Crippen LogP contribution in [0, 0.1) is 0 Å². The van der Waals surface area contributed by atoms with E-state index in [1.807, 2.05) is 24.3 Å². The fraction of sp³-hybridized carbons (Fsp3) is 0.533. The van der Waals surface area contributed by atoms with Crippen LogP contribution in [-0.2, 0) is 0 Å². The van der Waals surface area contributed by atoms with Gasteiger partial charge in [0, 0.05) is 6.04 Å². The zero-order valence-corrected chi connectivity index (χ0v) is 15.9. The summed E-state index contributed by atoms with van der Waals surface area (Å²) in [5.74, 6) is 1.14. The predicted molar refractivity (Wildman–Crippen MR) is 101 cm³/mol. The summed E-state index contributed by atoms with van der Waals surface area (Å²) in [4.78, 5) is 4.32. The van der Waals surface area contributed by atoms with E-state index in [1.165, 1.54) is 0 Å². The summed E-state index contributed by atoms with van der Waals surface area (Å²) in [6.07, 6.45) is 1.81. The molecule has 0 aromatic heterocycles. The van der Waals surface area contributed by atoms with Gasteiger partial charge in [0.15, 0.2) is 5.96 Å². The second-order valence-corrected chi connectivity index (χ2v) is 5.17. The number of halogens is 2. The first-order chi connectivity index (χ1) is 9.56. The van der Waals surface area contributed by atoms with E-state index in [0.717, 1.165) is 12.8 Å². The lowest BCUT2D eigenvalue weighted by atomic mass is 10.2. The number of nitrogens with one attached hydrogen (secondary N) is 1. The molecule has 0 aliphatic carbocycles. The molecular formula is C15H25ClIN3O. The predicted octanol–water partition coefficient (Wildman–Crippen LogP) is 3.82. The van der Waals surface area contributed by atoms with Gasteiger partial charge in [0.1, 0.15) is 11.9 Å². The van der Waals surface area contributed by atoms with E-state index >= 15 is 0 Å². The molecule has 2 unspecified atom stereocenters. The van der Waals surface area contributed by atoms with Crippen molar-refractivity contribution in [3.63, 3.8) is 0 Å². The van der Waals surface area contributed by atoms with Gasteiger partial charge in [-0.05, 0) is 31.9 Å². The summed E-state index contributed by atoms with van der Waals surface area (Å²) in [6.45, 7) is 6.73. The molecule has 0 bridgehead atoms. The molecule has 0 fully saturated rings. The molecule has 0 heterocycles. The van der Waals surface area contributed by atoms with Crippen LogP contribution in [0.3, 0.4) is 0 Å². The molecule has 21 heavy (non-hydrogen) atoms. The van der Waals surface area contributed by atoms with Crippen molar-refractivity contribution in [2.45, 2.75) is 45.8 Å². The van der Waals surface area contributed by atoms with Crippen molar-refractivity contribution in [1.82, 2.24) is 5.32 Å². The summed E-state index contributed by atoms with van der Waals surface area (Å²) in [6, 6.07) is 7.77. The van der Waals surface area contributed by atoms with Gasteiger partial charge < -0.3 is 15.8 Å². The molecular weight excluding hydrogens is 401 g/mol. The first-order valence-electron chi connectivity index (χ1n) is 7.04. The van der Waals surface area contributed by atoms with Gasteiger partial charge in [-0.15, -0.1) is 24.0 Å². The fourth-order valence-electron chi connectivity index (χ4n) is 1.57. The van der Waals surface area contributed by atoms with Gasteiger partial charge in [0.05, 0.1) is 11.6 Å². The zero-order chi connectivity index (χ0) is 15.0. The third-order valence-corrected chi connectivity index (χ3v) is 3.37. The van der Waals surface area contributed by atoms with Crippen molar-refractivity contribution in [3.05, 3.63) is 29.3 Å². The Balaban J connectivity index is 0.00000400. The molecule has 4 nitrogen and oxygen atoms in total. The maximum Gasteiger partial charge on any atom is 0.188 e. The number of guanidine groups is 1. The standard InChI is InChI=1S/C15H24ClN3O.HI/c1-4-11(3)19-15(17)18-10-12(5-2)20-14-9-7-6-8-13(14)16;/h6-9,11-12H,4-5,10H2,1-3H3,(H3,17,18,19);1H. The second-order valence-electron chi connectivity index (χ2n) is 4.76. The van der Waals surface area contributed by atoms with Crippen LogP contribution in [0.25, 0.3) is 0 Å². The van der Waals surface area contributed by atoms with Crippen LogP contribution in [0.1, 0.15) is 33.6 Å². The Hall–Kier alpha value is -0.690. The van der Waals surface area contributed by atoms with E-state index in [-0.39, 0.29) is 30.1 Å². The van der Waals surface area contributed by atoms with Crippen LogP contribution in [0.4, 0.5) is 0 Å². The highest BCUT2D eigenvalue weighted by atomic mass is 127. The topological polar surface area (TPSA) is 59.6 Å². The van der Waals surface area contributed by atoms with Crippen LogP contribution >= 0.6 is 35.6 Å². The Morgan fingerprint density at radius 2 is 2.00 bits per heavy atom. The van der Waals surface area contributed by atoms with Crippen LogP contribution in [0.15, 0.2) is 29.3 Å². The molecule has 3 N–H and O–H groups in total. The second kappa shape index (κ2) is 11.0. The van der Waals surface area contributed by atoms with Gasteiger partial charge >= 0.3 is 0 Å². The van der Waals surface area contributed by atoms with E-state index in [1.54, 1.807) is 0 Å². The van der Waals surface area contributed by atoms with Gasteiger partial charge in [0.25, 0.3) is 0 Å². The Bertz CT molecular complexity index is 443. The lowest BCUT2D eigenvalue weighted by Crippen LogP contribution is -2.38. The van der Waals surface area contributed by atoms with Gasteiger partial charge in [-0.3, -0.25) is 0 Å². The first kappa shape index (κ1) is 20.3. The maximum atomic E-state index is 6.08. The first-order valence-corrected chi connectivity index (χ1v) is 7.42. The molecule has 0 radical (unpaired) electrons. The highest BCUT2D eigenvalue weighted by Gasteiger charge is 2.10. The quantitative estimate of drug-likeness (QED) is 0.397. The van der Waals surface area contributed by atoms with Gasteiger partial charge in [-0.1, -0.05) is 37.6 Å². The average molecular weight is 426 g/mol. The van der Waals surface area contributed by atoms with E-state index in [2.05, 4.69) is 31.1 Å². The molecule has 0 spiro atoms. The van der Waals surface area contributed by atoms with Crippen molar-refractivity contribution >= 4 is 41.5 Å². The van der Waals surface area contributed by atoms with E-state index in [0.29, 0.717) is 29.3 Å². The number of hydrogen-bond acceptors (Lipinski definition) is 2. The van der Waals surface area contributed by atoms with Crippen molar-refractivity contribution in [1.29, 1.82) is 0 Å². The number of nitrogens with two attached hydrogens (primary N) is 1. The molecule has 6 heteroatoms. The number of aliphatic imine (C=N–C) groups is 1. The minimum Gasteiger partial charge on any atom is -0.487 e. The summed E-state index contributed by atoms with van der Waals surface area (Å²) in [5.41, 5.74) is 5.83. The third-order valence-electron chi connectivity index (χ3n) is 3.06. The van der Waals surface area contributed by atoms with Crippen molar-refractivity contribution < 1.29 is 4.74 Å². The SMILES string of the molecule is CCC(C)NC(N)=NCC(CC)Oc1ccccc1Cl.I. The number of nitrogens with zero attached hydrogens (tertiary/aromatic N) is 1. The Kier molecular flexibility index (Phi) is 10.6. The molecule has 0 aliphatic rings. The number of benzene rings is 1. The highest BCUT2D eigenvalue weighted by molar-refractivity contribution is 14.0. The van der Waals surface area contributed by atoms with Gasteiger partial charge in [0.2, 0.25) is 0 Å². The molecule has 0 saturated heterocycles. The third kappa shape index (κ3) is 7.76. The fourth-order valence-corrected chi connectivity index (χ4v) is 1.75. The molecule has 2 atom stereocenters. The van der Waals surface area contributed by atoms with Crippen LogP contribution in [0.2, 0.25) is 5.02 Å². The number of hydrogen-bond donors (Lipinski definition) is 2. The Labute approximate surface area is 149 Å². The highest BCUT2D eigenvalue weighted by Crippen LogP contribution is 2.24. The maximum absolute atomic E-state index is 6.08. The molecule has 0 saturated carbocycles. The zero-order valence-electron chi connectivity index (χ0n) is 12.8. The minimum atomic E-state index is -0.0350. The van der Waals surface area contributed by atoms with Crippen LogP contribution in [-0.4, -0.2) is 24.7 Å². The van der Waals surface area contributed by atoms with E-state index in [9.17, 15) is 0 Å². The van der Waals surface area contributed by atoms with Crippen molar-refractivity contribution in [3.8, 4) is 5.75 Å². The smallest absolute Gasteiger partial charge is 0.188 e. The molecule has 1 aromatic rings. The van der Waals surface area contributed by atoms with Gasteiger partial charge in [-0.2, -0.15) is 0 Å². The normalized spacial score (nSPS) is 14.0. The van der Waals surface area contributed by atoms with Crippen LogP contribution in [0.5, 0.6) is 5.75 Å². The monoisotopic (exact) mass is 425 g/mol. The average Bonchev–Trinajstić information content (AvgIpc) is 2.45. The summed E-state index contributed by atoms with van der Waals surface area (Å²) in [5, 5.41) is 3.74. The molecule has 120 valence electrons. The Morgan fingerprint density at radius 3 is 2.57 bits per heavy atom. The van der Waals surface area contributed by atoms with Crippen molar-refractivity contribution in [2.24, 2.45) is 10.7 Å². The summed E-state index contributed by atoms with van der Waals surface area (Å²) < 4.78 is 5.85. The number of rotatable bonds is 7. The van der Waals surface area contributed by atoms with Crippen LogP contribution < -0.4 is 15.8 Å². The lowest BCUT2D eigenvalue weighted by molar-refractivity contribution is 0.206. The van der Waals surface area contributed by atoms with E-state index in [4.69, 9.17) is 22.1 Å². The number of ether oxygens (including phenoxy) is 1. The van der Waals surface area contributed by atoms with Crippen molar-refractivity contribution in [2.75, 3.05) is 6.54 Å². The largest absolute Gasteiger partial charge is 0.487 e. The van der Waals surface area contributed by atoms with Gasteiger partial charge in [-0.25, -0.2) is 4.99 Å². The Morgan fingerprint density at radius 1 is 1.33 bits per heavy atom. The molecule has 0 aliphatic heterocycles.